The summed E-state index contributed by atoms with van der Waals surface area (Å²) in [6.07, 6.45) is 7.12. The second-order valence-corrected chi connectivity index (χ2v) is 8.14. The summed E-state index contributed by atoms with van der Waals surface area (Å²) in [5, 5.41) is 4.05. The van der Waals surface area contributed by atoms with Gasteiger partial charge in [0.25, 0.3) is 0 Å². The number of fused-ring (bicyclic) bond motifs is 1. The largest absolute Gasteiger partial charge is 0.465 e. The maximum Gasteiger partial charge on any atom is 0.341 e. The van der Waals surface area contributed by atoms with Crippen molar-refractivity contribution >= 4 is 45.9 Å². The van der Waals surface area contributed by atoms with Crippen molar-refractivity contribution in [3.63, 3.8) is 0 Å². The zero-order valence-corrected chi connectivity index (χ0v) is 17.0. The van der Waals surface area contributed by atoms with Crippen LogP contribution in [0.15, 0.2) is 30.3 Å². The summed E-state index contributed by atoms with van der Waals surface area (Å²) in [6, 6.07) is 7.25. The van der Waals surface area contributed by atoms with Crippen LogP contribution in [-0.4, -0.2) is 19.0 Å². The van der Waals surface area contributed by atoms with Crippen molar-refractivity contribution in [2.75, 3.05) is 12.4 Å². The van der Waals surface area contributed by atoms with Gasteiger partial charge in [0.2, 0.25) is 5.91 Å². The van der Waals surface area contributed by atoms with Gasteiger partial charge >= 0.3 is 5.97 Å². The lowest BCUT2D eigenvalue weighted by atomic mass is 9.86. The van der Waals surface area contributed by atoms with Gasteiger partial charge in [0.1, 0.15) is 5.00 Å². The van der Waals surface area contributed by atoms with Gasteiger partial charge < -0.3 is 10.1 Å². The number of ether oxygens (including phenoxy) is 1. The predicted octanol–water partition coefficient (Wildman–Crippen LogP) is 5.35. The van der Waals surface area contributed by atoms with Crippen LogP contribution < -0.4 is 5.32 Å². The number of hydrogen-bond donors (Lipinski definition) is 1. The molecule has 0 radical (unpaired) electrons. The summed E-state index contributed by atoms with van der Waals surface area (Å²) >= 11 is 7.45. The van der Waals surface area contributed by atoms with Crippen LogP contribution in [0.3, 0.4) is 0 Å². The Hall–Kier alpha value is -2.11. The Morgan fingerprint density at radius 2 is 2.22 bits per heavy atom. The molecule has 1 aliphatic rings. The van der Waals surface area contributed by atoms with Crippen LogP contribution in [0, 0.1) is 5.92 Å². The molecule has 0 fully saturated rings. The number of anilines is 1. The average molecular weight is 404 g/mol. The van der Waals surface area contributed by atoms with Gasteiger partial charge in [-0.2, -0.15) is 0 Å². The fourth-order valence-electron chi connectivity index (χ4n) is 3.34. The maximum atomic E-state index is 12.4. The number of amides is 1. The molecule has 0 aliphatic heterocycles. The summed E-state index contributed by atoms with van der Waals surface area (Å²) in [5.41, 5.74) is 2.38. The van der Waals surface area contributed by atoms with Crippen LogP contribution >= 0.6 is 22.9 Å². The van der Waals surface area contributed by atoms with E-state index in [0.29, 0.717) is 21.5 Å². The minimum Gasteiger partial charge on any atom is -0.465 e. The molecule has 6 heteroatoms. The number of hydrogen-bond acceptors (Lipinski definition) is 4. The molecule has 1 atom stereocenters. The summed E-state index contributed by atoms with van der Waals surface area (Å²) in [4.78, 5) is 25.9. The van der Waals surface area contributed by atoms with Crippen LogP contribution in [0.5, 0.6) is 0 Å². The van der Waals surface area contributed by atoms with Crippen molar-refractivity contribution < 1.29 is 14.3 Å². The third-order valence-electron chi connectivity index (χ3n) is 4.85. The van der Waals surface area contributed by atoms with Crippen molar-refractivity contribution in [1.29, 1.82) is 0 Å². The van der Waals surface area contributed by atoms with Crippen molar-refractivity contribution in [1.82, 2.24) is 0 Å². The Balaban J connectivity index is 1.82. The van der Waals surface area contributed by atoms with E-state index in [2.05, 4.69) is 12.2 Å². The summed E-state index contributed by atoms with van der Waals surface area (Å²) < 4.78 is 4.96. The first-order valence-electron chi connectivity index (χ1n) is 8.99. The molecule has 1 aromatic carbocycles. The minimum atomic E-state index is -0.392. The molecule has 0 saturated heterocycles. The number of nitrogens with one attached hydrogen (secondary N) is 1. The van der Waals surface area contributed by atoms with Gasteiger partial charge in [0.05, 0.1) is 12.7 Å². The Morgan fingerprint density at radius 3 is 2.93 bits per heavy atom. The van der Waals surface area contributed by atoms with E-state index in [1.165, 1.54) is 29.4 Å². The topological polar surface area (TPSA) is 55.4 Å². The van der Waals surface area contributed by atoms with Crippen molar-refractivity contribution in [2.24, 2.45) is 5.92 Å². The van der Waals surface area contributed by atoms with Crippen molar-refractivity contribution in [3.8, 4) is 0 Å². The van der Waals surface area contributed by atoms with Crippen molar-refractivity contribution in [3.05, 3.63) is 56.9 Å². The monoisotopic (exact) mass is 403 g/mol. The van der Waals surface area contributed by atoms with Crippen LogP contribution in [0.4, 0.5) is 5.00 Å². The molecular formula is C21H22ClNO3S. The first kappa shape index (κ1) is 19.6. The highest BCUT2D eigenvalue weighted by Crippen LogP contribution is 2.40. The number of rotatable bonds is 5. The van der Waals surface area contributed by atoms with E-state index in [1.54, 1.807) is 18.2 Å². The minimum absolute atomic E-state index is 0.286. The lowest BCUT2D eigenvalue weighted by Crippen LogP contribution is -2.15. The van der Waals surface area contributed by atoms with Gasteiger partial charge in [-0.1, -0.05) is 37.1 Å². The molecule has 0 bridgehead atoms. The molecule has 4 nitrogen and oxygen atoms in total. The summed E-state index contributed by atoms with van der Waals surface area (Å²) in [6.45, 7) is 2.19. The molecule has 1 aliphatic carbocycles. The Labute approximate surface area is 168 Å². The van der Waals surface area contributed by atoms with E-state index in [9.17, 15) is 9.59 Å². The molecule has 1 N–H and O–H groups in total. The lowest BCUT2D eigenvalue weighted by molar-refractivity contribution is -0.111. The number of benzene rings is 1. The smallest absolute Gasteiger partial charge is 0.341 e. The van der Waals surface area contributed by atoms with Gasteiger partial charge in [0, 0.05) is 16.0 Å². The normalized spacial score (nSPS) is 16.2. The molecule has 1 aromatic heterocycles. The van der Waals surface area contributed by atoms with E-state index in [4.69, 9.17) is 16.3 Å². The molecule has 3 rings (SSSR count). The zero-order valence-electron chi connectivity index (χ0n) is 15.4. The fraction of sp³-hybridized carbons (Fsp3) is 0.333. The molecule has 1 unspecified atom stereocenters. The van der Waals surface area contributed by atoms with Gasteiger partial charge in [-0.05, 0) is 54.5 Å². The highest BCUT2D eigenvalue weighted by molar-refractivity contribution is 7.17. The third-order valence-corrected chi connectivity index (χ3v) is 6.25. The van der Waals surface area contributed by atoms with E-state index in [1.807, 2.05) is 12.1 Å². The number of carbonyl (C=O) groups is 2. The van der Waals surface area contributed by atoms with E-state index in [0.717, 1.165) is 36.8 Å². The van der Waals surface area contributed by atoms with Crippen LogP contribution in [0.25, 0.3) is 6.08 Å². The summed E-state index contributed by atoms with van der Waals surface area (Å²) in [7, 11) is 1.37. The second-order valence-electron chi connectivity index (χ2n) is 6.59. The quantitative estimate of drug-likeness (QED) is 0.540. The van der Waals surface area contributed by atoms with Gasteiger partial charge in [-0.15, -0.1) is 11.3 Å². The second kappa shape index (κ2) is 8.72. The number of esters is 1. The maximum absolute atomic E-state index is 12.4. The van der Waals surface area contributed by atoms with Crippen molar-refractivity contribution in [2.45, 2.75) is 32.6 Å². The molecule has 0 spiro atoms. The van der Waals surface area contributed by atoms with E-state index in [-0.39, 0.29) is 5.91 Å². The fourth-order valence-corrected chi connectivity index (χ4v) is 4.90. The van der Waals surface area contributed by atoms with Crippen LogP contribution in [0.1, 0.15) is 46.1 Å². The molecule has 142 valence electrons. The van der Waals surface area contributed by atoms with Crippen LogP contribution in [0.2, 0.25) is 5.02 Å². The molecule has 0 saturated carbocycles. The first-order chi connectivity index (χ1) is 13.0. The number of methoxy groups -OCH3 is 1. The molecule has 27 heavy (non-hydrogen) atoms. The Kier molecular flexibility index (Phi) is 6.34. The Bertz CT molecular complexity index is 888. The first-order valence-corrected chi connectivity index (χ1v) is 10.2. The highest BCUT2D eigenvalue weighted by Gasteiger charge is 2.29. The highest BCUT2D eigenvalue weighted by atomic mass is 35.5. The Morgan fingerprint density at radius 1 is 1.41 bits per heavy atom. The van der Waals surface area contributed by atoms with Gasteiger partial charge in [0.15, 0.2) is 0 Å². The number of carbonyl (C=O) groups excluding carboxylic acids is 2. The standard InChI is InChI=1S/C21H22ClNO3S/c1-3-13-7-9-16-17(12-13)27-20(19(16)21(25)26-2)23-18(24)10-8-14-5-4-6-15(22)11-14/h4-6,8,10-11,13H,3,7,9,12H2,1-2H3,(H,23,24)/b10-8+. The van der Waals surface area contributed by atoms with E-state index < -0.39 is 5.97 Å². The zero-order chi connectivity index (χ0) is 19.4. The number of thiophene rings is 1. The van der Waals surface area contributed by atoms with Gasteiger partial charge in [-0.3, -0.25) is 4.79 Å². The number of halogens is 1. The summed E-state index contributed by atoms with van der Waals surface area (Å²) in [5.74, 6) is -0.0461. The average Bonchev–Trinajstić information content (AvgIpc) is 3.02. The van der Waals surface area contributed by atoms with E-state index >= 15 is 0 Å². The SMILES string of the molecule is CCC1CCc2c(sc(NC(=O)/C=C/c3cccc(Cl)c3)c2C(=O)OC)C1. The third kappa shape index (κ3) is 4.60. The molecule has 2 aromatic rings. The van der Waals surface area contributed by atoms with Crippen LogP contribution in [-0.2, 0) is 22.4 Å². The predicted molar refractivity (Wildman–Crippen MR) is 111 cm³/mol. The molecule has 1 amide bonds. The van der Waals surface area contributed by atoms with Gasteiger partial charge in [-0.25, -0.2) is 4.79 Å². The molecule has 1 heterocycles. The molecular weight excluding hydrogens is 382 g/mol. The lowest BCUT2D eigenvalue weighted by Gasteiger charge is -2.20.